The molecule has 6 aromatic rings. The fourth-order valence-corrected chi connectivity index (χ4v) is 6.99. The summed E-state index contributed by atoms with van der Waals surface area (Å²) in [6.45, 7) is 0. The van der Waals surface area contributed by atoms with Crippen LogP contribution in [0.25, 0.3) is 6.08 Å². The normalized spacial score (nSPS) is 12.6. The molecule has 0 bridgehead atoms. The largest absolute Gasteiger partial charge is 0.324 e. The fraction of sp³-hybridized carbons (Fsp3) is 0.0227. The average Bonchev–Trinajstić information content (AvgIpc) is 3.20. The van der Waals surface area contributed by atoms with E-state index >= 15 is 0 Å². The fourth-order valence-electron chi connectivity index (χ4n) is 5.97. The molecule has 1 atom stereocenters. The summed E-state index contributed by atoms with van der Waals surface area (Å²) in [5.41, 5.74) is 3.17. The highest BCUT2D eigenvalue weighted by Crippen LogP contribution is 2.38. The van der Waals surface area contributed by atoms with Crippen LogP contribution in [-0.4, -0.2) is 29.3 Å². The molecule has 3 N–H and O–H groups in total. The van der Waals surface area contributed by atoms with Gasteiger partial charge in [-0.05, 0) is 71.8 Å². The summed E-state index contributed by atoms with van der Waals surface area (Å²) in [7, 11) is 0. The van der Waals surface area contributed by atoms with Crippen LogP contribution < -0.4 is 16.0 Å². The average molecular weight is 732 g/mol. The van der Waals surface area contributed by atoms with E-state index in [1.165, 1.54) is 42.1 Å². The van der Waals surface area contributed by atoms with Gasteiger partial charge in [0.1, 0.15) is 16.8 Å². The summed E-state index contributed by atoms with van der Waals surface area (Å²) in [4.78, 5) is 68.1. The summed E-state index contributed by atoms with van der Waals surface area (Å²) in [5, 5.41) is 7.62. The zero-order valence-corrected chi connectivity index (χ0v) is 29.2. The van der Waals surface area contributed by atoms with Crippen molar-refractivity contribution < 1.29 is 28.4 Å². The molecule has 0 aromatic heterocycles. The van der Waals surface area contributed by atoms with Crippen LogP contribution in [0.3, 0.4) is 0 Å². The summed E-state index contributed by atoms with van der Waals surface area (Å²) < 4.78 is 13.6. The second-order valence-electron chi connectivity index (χ2n) is 12.2. The molecule has 54 heavy (non-hydrogen) atoms. The van der Waals surface area contributed by atoms with Crippen molar-refractivity contribution in [3.05, 3.63) is 202 Å². The molecule has 0 spiro atoms. The van der Waals surface area contributed by atoms with Gasteiger partial charge in [0.15, 0.2) is 11.6 Å². The van der Waals surface area contributed by atoms with Crippen LogP contribution in [0.1, 0.15) is 58.6 Å². The molecule has 10 heteroatoms. The van der Waals surface area contributed by atoms with Crippen molar-refractivity contribution in [2.24, 2.45) is 0 Å². The third-order valence-corrected chi connectivity index (χ3v) is 9.89. The van der Waals surface area contributed by atoms with E-state index in [-0.39, 0.29) is 39.6 Å². The molecule has 1 unspecified atom stereocenters. The van der Waals surface area contributed by atoms with Gasteiger partial charge in [-0.2, -0.15) is 0 Å². The SMILES string of the molecule is O=C(Nc1ccc(SC(C(=O)Nc2cccc3c2C(=O)c2ccccc2C3=O)c2ccccc2)cc1)/C(=C/c1ccc(F)cc1)NC(=O)c1ccccc1. The zero-order valence-electron chi connectivity index (χ0n) is 28.4. The van der Waals surface area contributed by atoms with Gasteiger partial charge >= 0.3 is 0 Å². The van der Waals surface area contributed by atoms with Crippen molar-refractivity contribution in [1.82, 2.24) is 5.32 Å². The van der Waals surface area contributed by atoms with Crippen LogP contribution in [-0.2, 0) is 9.59 Å². The van der Waals surface area contributed by atoms with Crippen LogP contribution in [0, 0.1) is 5.82 Å². The molecule has 1 aliphatic carbocycles. The molecule has 0 fully saturated rings. The number of rotatable bonds is 10. The maximum atomic E-state index is 14.0. The number of anilines is 2. The van der Waals surface area contributed by atoms with Crippen LogP contribution in [0.15, 0.2) is 162 Å². The van der Waals surface area contributed by atoms with E-state index in [9.17, 15) is 28.4 Å². The number of hydrogen-bond donors (Lipinski definition) is 3. The number of carbonyl (C=O) groups is 5. The standard InChI is InChI=1S/C44H30FN3O5S/c45-30-20-18-27(19-21-30)26-37(48-42(51)29-12-5-2-6-13-29)43(52)46-31-22-24-32(25-23-31)54-41(28-10-3-1-4-11-28)44(53)47-36-17-9-16-35-38(36)40(50)34-15-8-7-14-33(34)39(35)49/h1-26,41H,(H,46,52)(H,47,53)(H,48,51)/b37-26-. The van der Waals surface area contributed by atoms with Gasteiger partial charge in [0.25, 0.3) is 11.8 Å². The Kier molecular flexibility index (Phi) is 10.4. The summed E-state index contributed by atoms with van der Waals surface area (Å²) in [5.74, 6) is -2.56. The van der Waals surface area contributed by atoms with E-state index in [1.807, 2.05) is 30.3 Å². The molecule has 0 radical (unpaired) electrons. The van der Waals surface area contributed by atoms with E-state index in [0.29, 0.717) is 32.8 Å². The summed E-state index contributed by atoms with van der Waals surface area (Å²) in [6.07, 6.45) is 1.45. The Hall–Kier alpha value is -6.91. The van der Waals surface area contributed by atoms with Crippen LogP contribution in [0.2, 0.25) is 0 Å². The van der Waals surface area contributed by atoms with Crippen molar-refractivity contribution in [2.75, 3.05) is 10.6 Å². The van der Waals surface area contributed by atoms with E-state index in [4.69, 9.17) is 0 Å². The zero-order chi connectivity index (χ0) is 37.6. The van der Waals surface area contributed by atoms with E-state index in [1.54, 1.807) is 97.1 Å². The number of amides is 3. The van der Waals surface area contributed by atoms with Gasteiger partial charge in [-0.3, -0.25) is 24.0 Å². The lowest BCUT2D eigenvalue weighted by Gasteiger charge is -2.22. The maximum Gasteiger partial charge on any atom is 0.272 e. The highest BCUT2D eigenvalue weighted by Gasteiger charge is 2.33. The van der Waals surface area contributed by atoms with Crippen molar-refractivity contribution in [2.45, 2.75) is 10.1 Å². The number of ketones is 2. The Balaban J connectivity index is 1.10. The molecule has 6 aromatic carbocycles. The first kappa shape index (κ1) is 35.5. The Labute approximate surface area is 314 Å². The maximum absolute atomic E-state index is 14.0. The number of benzene rings is 6. The van der Waals surface area contributed by atoms with Gasteiger partial charge in [0.05, 0.1) is 11.3 Å². The summed E-state index contributed by atoms with van der Waals surface area (Å²) in [6, 6.07) is 41.4. The van der Waals surface area contributed by atoms with Gasteiger partial charge in [-0.15, -0.1) is 11.8 Å². The van der Waals surface area contributed by atoms with E-state index in [2.05, 4.69) is 16.0 Å². The Morgan fingerprint density at radius 2 is 1.22 bits per heavy atom. The Morgan fingerprint density at radius 3 is 1.91 bits per heavy atom. The third-order valence-electron chi connectivity index (χ3n) is 8.63. The van der Waals surface area contributed by atoms with Crippen molar-refractivity contribution in [1.29, 1.82) is 0 Å². The smallest absolute Gasteiger partial charge is 0.272 e. The van der Waals surface area contributed by atoms with Crippen molar-refractivity contribution >= 4 is 58.5 Å². The second-order valence-corrected chi connectivity index (χ2v) is 13.4. The minimum atomic E-state index is -0.761. The highest BCUT2D eigenvalue weighted by atomic mass is 32.2. The Morgan fingerprint density at radius 1 is 0.611 bits per heavy atom. The number of hydrogen-bond acceptors (Lipinski definition) is 6. The van der Waals surface area contributed by atoms with Crippen molar-refractivity contribution in [3.8, 4) is 0 Å². The number of carbonyl (C=O) groups excluding carboxylic acids is 5. The molecular formula is C44H30FN3O5S. The predicted molar refractivity (Wildman–Crippen MR) is 207 cm³/mol. The van der Waals surface area contributed by atoms with Gasteiger partial charge in [0.2, 0.25) is 5.91 Å². The molecule has 264 valence electrons. The first-order valence-electron chi connectivity index (χ1n) is 16.8. The van der Waals surface area contributed by atoms with E-state index < -0.39 is 28.8 Å². The quantitative estimate of drug-likeness (QED) is 0.0959. The molecule has 0 saturated heterocycles. The van der Waals surface area contributed by atoms with Gasteiger partial charge in [0, 0.05) is 32.8 Å². The number of thioether (sulfide) groups is 1. The molecule has 0 heterocycles. The van der Waals surface area contributed by atoms with Gasteiger partial charge in [-0.1, -0.05) is 97.1 Å². The lowest BCUT2D eigenvalue weighted by atomic mass is 9.83. The topological polar surface area (TPSA) is 121 Å². The second kappa shape index (κ2) is 15.8. The van der Waals surface area contributed by atoms with Crippen LogP contribution in [0.5, 0.6) is 0 Å². The third kappa shape index (κ3) is 7.79. The molecule has 0 aliphatic heterocycles. The highest BCUT2D eigenvalue weighted by molar-refractivity contribution is 8.00. The lowest BCUT2D eigenvalue weighted by molar-refractivity contribution is -0.116. The lowest BCUT2D eigenvalue weighted by Crippen LogP contribution is -2.30. The number of halogens is 1. The predicted octanol–water partition coefficient (Wildman–Crippen LogP) is 8.48. The summed E-state index contributed by atoms with van der Waals surface area (Å²) >= 11 is 1.26. The minimum Gasteiger partial charge on any atom is -0.324 e. The van der Waals surface area contributed by atoms with E-state index in [0.717, 1.165) is 0 Å². The number of fused-ring (bicyclic) bond motifs is 2. The van der Waals surface area contributed by atoms with Crippen molar-refractivity contribution in [3.63, 3.8) is 0 Å². The molecule has 0 saturated carbocycles. The molecule has 1 aliphatic rings. The van der Waals surface area contributed by atoms with Crippen LogP contribution >= 0.6 is 11.8 Å². The minimum absolute atomic E-state index is 0.0542. The van der Waals surface area contributed by atoms with Crippen LogP contribution in [0.4, 0.5) is 15.8 Å². The van der Waals surface area contributed by atoms with Gasteiger partial charge in [-0.25, -0.2) is 4.39 Å². The molecule has 8 nitrogen and oxygen atoms in total. The Bertz CT molecular complexity index is 2430. The first-order chi connectivity index (χ1) is 26.2. The number of nitrogens with one attached hydrogen (secondary N) is 3. The monoisotopic (exact) mass is 731 g/mol. The molecular weight excluding hydrogens is 702 g/mol. The first-order valence-corrected chi connectivity index (χ1v) is 17.7. The molecule has 7 rings (SSSR count). The molecule has 3 amide bonds. The van der Waals surface area contributed by atoms with Gasteiger partial charge < -0.3 is 16.0 Å².